The fourth-order valence-corrected chi connectivity index (χ4v) is 4.53. The van der Waals surface area contributed by atoms with Crippen LogP contribution in [-0.2, 0) is 11.4 Å². The third kappa shape index (κ3) is 6.34. The molecule has 0 saturated heterocycles. The smallest absolute Gasteiger partial charge is 0.234 e. The predicted molar refractivity (Wildman–Crippen MR) is 137 cm³/mol. The molecule has 7 nitrogen and oxygen atoms in total. The zero-order valence-electron chi connectivity index (χ0n) is 18.7. The third-order valence-electron chi connectivity index (χ3n) is 4.82. The first-order chi connectivity index (χ1) is 17.3. The summed E-state index contributed by atoms with van der Waals surface area (Å²) < 4.78 is 40.3. The first-order valence-electron chi connectivity index (χ1n) is 10.4. The topological polar surface area (TPSA) is 78.3 Å². The number of benzene rings is 3. The third-order valence-corrected chi connectivity index (χ3v) is 6.62. The molecule has 0 bridgehead atoms. The van der Waals surface area contributed by atoms with E-state index in [1.807, 2.05) is 12.1 Å². The summed E-state index contributed by atoms with van der Waals surface area (Å²) in [4.78, 5) is 12.5. The lowest BCUT2D eigenvalue weighted by molar-refractivity contribution is -0.113. The molecule has 0 atom stereocenters. The number of rotatable bonds is 9. The molecule has 1 aromatic heterocycles. The Morgan fingerprint density at radius 3 is 2.44 bits per heavy atom. The van der Waals surface area contributed by atoms with Gasteiger partial charge >= 0.3 is 0 Å². The Labute approximate surface area is 222 Å². The minimum atomic E-state index is -0.886. The molecule has 12 heteroatoms. The second-order valence-electron chi connectivity index (χ2n) is 7.26. The molecule has 0 spiro atoms. The Morgan fingerprint density at radius 1 is 1.08 bits per heavy atom. The number of nitrogens with zero attached hydrogens (tertiary/aromatic N) is 3. The van der Waals surface area contributed by atoms with E-state index in [9.17, 15) is 13.6 Å². The summed E-state index contributed by atoms with van der Waals surface area (Å²) in [7, 11) is 1.57. The molecule has 0 fully saturated rings. The second-order valence-corrected chi connectivity index (χ2v) is 9.49. The van der Waals surface area contributed by atoms with Crippen LogP contribution in [0.1, 0.15) is 5.82 Å². The maximum absolute atomic E-state index is 14.1. The van der Waals surface area contributed by atoms with E-state index in [0.29, 0.717) is 33.6 Å². The standard InChI is InChI=1S/C24H18BrClF2N4O3S/c1-34-17-8-4-16(5-9-17)32-21(12-35-18-6-2-14(26)3-7-18)30-31-24(32)36-13-22(33)29-23-19(25)10-15(27)11-20(23)28/h2-11H,12-13H2,1H3,(H,29,33). The van der Waals surface area contributed by atoms with Crippen molar-refractivity contribution in [2.45, 2.75) is 11.8 Å². The highest BCUT2D eigenvalue weighted by molar-refractivity contribution is 9.10. The number of methoxy groups -OCH3 is 1. The van der Waals surface area contributed by atoms with Gasteiger partial charge in [0.15, 0.2) is 16.8 Å². The molecule has 4 rings (SSSR count). The minimum Gasteiger partial charge on any atom is -0.497 e. The number of carbonyl (C=O) groups is 1. The van der Waals surface area contributed by atoms with E-state index < -0.39 is 17.5 Å². The van der Waals surface area contributed by atoms with Crippen LogP contribution in [0.3, 0.4) is 0 Å². The van der Waals surface area contributed by atoms with Gasteiger partial charge in [0.1, 0.15) is 23.9 Å². The van der Waals surface area contributed by atoms with E-state index in [2.05, 4.69) is 31.4 Å². The molecule has 0 aliphatic heterocycles. The molecule has 36 heavy (non-hydrogen) atoms. The molecular formula is C24H18BrClF2N4O3S. The van der Waals surface area contributed by atoms with E-state index >= 15 is 0 Å². The predicted octanol–water partition coefficient (Wildman–Crippen LogP) is 6.28. The van der Waals surface area contributed by atoms with E-state index in [1.54, 1.807) is 48.1 Å². The molecule has 3 aromatic carbocycles. The van der Waals surface area contributed by atoms with Gasteiger partial charge in [0, 0.05) is 21.2 Å². The van der Waals surface area contributed by atoms with Crippen LogP contribution >= 0.6 is 39.3 Å². The van der Waals surface area contributed by atoms with Gasteiger partial charge in [-0.1, -0.05) is 23.4 Å². The van der Waals surface area contributed by atoms with E-state index in [1.165, 1.54) is 0 Å². The molecule has 1 heterocycles. The molecule has 0 saturated carbocycles. The van der Waals surface area contributed by atoms with Gasteiger partial charge in [0.25, 0.3) is 0 Å². The van der Waals surface area contributed by atoms with Gasteiger partial charge in [-0.25, -0.2) is 8.78 Å². The Kier molecular flexibility index (Phi) is 8.44. The maximum Gasteiger partial charge on any atom is 0.234 e. The summed E-state index contributed by atoms with van der Waals surface area (Å²) in [5, 5.41) is 11.9. The van der Waals surface area contributed by atoms with Gasteiger partial charge in [-0.2, -0.15) is 0 Å². The Bertz CT molecular complexity index is 1350. The van der Waals surface area contributed by atoms with Crippen LogP contribution in [0.5, 0.6) is 11.5 Å². The second kappa shape index (κ2) is 11.7. The van der Waals surface area contributed by atoms with Crippen molar-refractivity contribution in [3.8, 4) is 17.2 Å². The lowest BCUT2D eigenvalue weighted by Crippen LogP contribution is -2.16. The number of hydrogen-bond donors (Lipinski definition) is 1. The Morgan fingerprint density at radius 2 is 1.78 bits per heavy atom. The van der Waals surface area contributed by atoms with Crippen molar-refractivity contribution in [2.75, 3.05) is 18.2 Å². The lowest BCUT2D eigenvalue weighted by atomic mass is 10.3. The number of ether oxygens (including phenoxy) is 2. The lowest BCUT2D eigenvalue weighted by Gasteiger charge is -2.12. The van der Waals surface area contributed by atoms with Crippen molar-refractivity contribution >= 4 is 50.9 Å². The van der Waals surface area contributed by atoms with Crippen molar-refractivity contribution in [3.05, 3.63) is 87.6 Å². The number of amides is 1. The molecule has 186 valence electrons. The number of aromatic nitrogens is 3. The zero-order chi connectivity index (χ0) is 25.7. The van der Waals surface area contributed by atoms with Crippen molar-refractivity contribution in [2.24, 2.45) is 0 Å². The van der Waals surface area contributed by atoms with Gasteiger partial charge in [-0.15, -0.1) is 10.2 Å². The van der Waals surface area contributed by atoms with Crippen LogP contribution in [0, 0.1) is 11.6 Å². The van der Waals surface area contributed by atoms with Crippen LogP contribution in [-0.4, -0.2) is 33.5 Å². The quantitative estimate of drug-likeness (QED) is 0.230. The first kappa shape index (κ1) is 25.9. The molecular weight excluding hydrogens is 578 g/mol. The molecule has 0 aliphatic carbocycles. The number of carbonyl (C=O) groups excluding carboxylic acids is 1. The summed E-state index contributed by atoms with van der Waals surface area (Å²) >= 11 is 10.1. The van der Waals surface area contributed by atoms with E-state index in [-0.39, 0.29) is 22.5 Å². The number of halogens is 4. The maximum atomic E-state index is 14.1. The van der Waals surface area contributed by atoms with Crippen LogP contribution < -0.4 is 14.8 Å². The molecule has 1 N–H and O–H groups in total. The monoisotopic (exact) mass is 594 g/mol. The molecule has 4 aromatic rings. The highest BCUT2D eigenvalue weighted by atomic mass is 79.9. The summed E-state index contributed by atoms with van der Waals surface area (Å²) in [6.45, 7) is 0.0984. The Balaban J connectivity index is 1.53. The number of anilines is 1. The summed E-state index contributed by atoms with van der Waals surface area (Å²) in [6.07, 6.45) is 0. The average Bonchev–Trinajstić information content (AvgIpc) is 3.27. The highest BCUT2D eigenvalue weighted by Crippen LogP contribution is 2.28. The fraction of sp³-hybridized carbons (Fsp3) is 0.125. The highest BCUT2D eigenvalue weighted by Gasteiger charge is 2.18. The minimum absolute atomic E-state index is 0.0984. The van der Waals surface area contributed by atoms with Gasteiger partial charge in [0.05, 0.1) is 18.6 Å². The zero-order valence-corrected chi connectivity index (χ0v) is 21.8. The number of thioether (sulfide) groups is 1. The fourth-order valence-electron chi connectivity index (χ4n) is 3.12. The van der Waals surface area contributed by atoms with E-state index in [0.717, 1.165) is 23.5 Å². The van der Waals surface area contributed by atoms with Gasteiger partial charge in [-0.3, -0.25) is 9.36 Å². The van der Waals surface area contributed by atoms with Crippen molar-refractivity contribution in [3.63, 3.8) is 0 Å². The molecule has 0 radical (unpaired) electrons. The largest absolute Gasteiger partial charge is 0.497 e. The number of nitrogens with one attached hydrogen (secondary N) is 1. The summed E-state index contributed by atoms with van der Waals surface area (Å²) in [5.41, 5.74) is 0.585. The van der Waals surface area contributed by atoms with Crippen LogP contribution in [0.4, 0.5) is 14.5 Å². The SMILES string of the molecule is COc1ccc(-n2c(COc3ccc(Cl)cc3)nnc2SCC(=O)Nc2c(F)cc(F)cc2Br)cc1. The van der Waals surface area contributed by atoms with Crippen LogP contribution in [0.25, 0.3) is 5.69 Å². The van der Waals surface area contributed by atoms with Crippen molar-refractivity contribution in [1.29, 1.82) is 0 Å². The summed E-state index contributed by atoms with van der Waals surface area (Å²) in [5.74, 6) is -0.485. The van der Waals surface area contributed by atoms with E-state index in [4.69, 9.17) is 21.1 Å². The van der Waals surface area contributed by atoms with Gasteiger partial charge in [-0.05, 0) is 70.5 Å². The normalized spacial score (nSPS) is 10.8. The van der Waals surface area contributed by atoms with Crippen molar-refractivity contribution in [1.82, 2.24) is 14.8 Å². The van der Waals surface area contributed by atoms with Gasteiger partial charge < -0.3 is 14.8 Å². The van der Waals surface area contributed by atoms with Crippen LogP contribution in [0.15, 0.2) is 70.3 Å². The summed E-state index contributed by atoms with van der Waals surface area (Å²) in [6, 6.07) is 15.9. The first-order valence-corrected chi connectivity index (χ1v) is 12.5. The van der Waals surface area contributed by atoms with Crippen molar-refractivity contribution < 1.29 is 23.0 Å². The molecule has 0 unspecified atom stereocenters. The Hall–Kier alpha value is -3.15. The van der Waals surface area contributed by atoms with Gasteiger partial charge in [0.2, 0.25) is 5.91 Å². The molecule has 0 aliphatic rings. The molecule has 1 amide bonds. The van der Waals surface area contributed by atoms with Crippen LogP contribution in [0.2, 0.25) is 5.02 Å². The average molecular weight is 596 g/mol. The number of hydrogen-bond acceptors (Lipinski definition) is 6.